The summed E-state index contributed by atoms with van der Waals surface area (Å²) < 4.78 is 3.13. The second-order valence-corrected chi connectivity index (χ2v) is 5.92. The van der Waals surface area contributed by atoms with Crippen LogP contribution in [0.25, 0.3) is 0 Å². The molecule has 90 valence electrons. The fourth-order valence-corrected chi connectivity index (χ4v) is 1.88. The molecule has 5 heteroatoms. The lowest BCUT2D eigenvalue weighted by molar-refractivity contribution is 0.424. The molecule has 0 aliphatic heterocycles. The van der Waals surface area contributed by atoms with E-state index in [0.29, 0.717) is 0 Å². The third kappa shape index (κ3) is 4.11. The average Bonchev–Trinajstić information content (AvgIpc) is 2.59. The highest BCUT2D eigenvalue weighted by atomic mass is 127. The van der Waals surface area contributed by atoms with Crippen LogP contribution in [-0.2, 0) is 6.54 Å². The first kappa shape index (κ1) is 13.5. The lowest BCUT2D eigenvalue weighted by atomic mass is 9.86. The fraction of sp³-hybridized carbons (Fsp3) is 0.636. The Kier molecular flexibility index (Phi) is 4.76. The molecule has 1 rings (SSSR count). The van der Waals surface area contributed by atoms with Crippen molar-refractivity contribution in [3.8, 4) is 0 Å². The maximum Gasteiger partial charge on any atom is 0.0963 e. The highest BCUT2D eigenvalue weighted by Gasteiger charge is 2.20. The number of nitrogens with two attached hydrogens (primary N) is 1. The lowest BCUT2D eigenvalue weighted by Gasteiger charge is -2.22. The Morgan fingerprint density at radius 2 is 2.25 bits per heavy atom. The largest absolute Gasteiger partial charge is 0.387 e. The molecule has 16 heavy (non-hydrogen) atoms. The Morgan fingerprint density at radius 3 is 2.75 bits per heavy atom. The fourth-order valence-electron chi connectivity index (χ4n) is 1.44. The Balaban J connectivity index is 2.24. The summed E-state index contributed by atoms with van der Waals surface area (Å²) in [5, 5.41) is 11.7. The summed E-state index contributed by atoms with van der Waals surface area (Å²) in [6.45, 7) is 4.98. The van der Waals surface area contributed by atoms with Crippen molar-refractivity contribution in [1.82, 2.24) is 9.78 Å². The van der Waals surface area contributed by atoms with Crippen LogP contribution in [0.5, 0.6) is 0 Å². The lowest BCUT2D eigenvalue weighted by Crippen LogP contribution is -2.30. The molecule has 0 aliphatic carbocycles. The molecule has 0 saturated carbocycles. The first-order chi connectivity index (χ1) is 7.42. The molecule has 0 atom stereocenters. The second kappa shape index (κ2) is 5.65. The van der Waals surface area contributed by atoms with Crippen LogP contribution in [0.3, 0.4) is 0 Å². The molecule has 0 amide bonds. The first-order valence-corrected chi connectivity index (χ1v) is 6.52. The molecule has 0 aliphatic rings. The molecule has 4 nitrogen and oxygen atoms in total. The topological polar surface area (TPSA) is 67.7 Å². The zero-order valence-corrected chi connectivity index (χ0v) is 12.0. The standard InChI is InChI=1S/C11H19IN4/c1-11(2,10(13)14)5-3-4-6-16-8-9(12)7-15-16/h7-8H,3-6H2,1-2H3,(H3,13,14). The minimum Gasteiger partial charge on any atom is -0.387 e. The molecule has 1 aromatic heterocycles. The molecule has 3 N–H and O–H groups in total. The summed E-state index contributed by atoms with van der Waals surface area (Å²) in [5.74, 6) is 0.279. The predicted molar refractivity (Wildman–Crippen MR) is 74.5 cm³/mol. The number of hydrogen-bond donors (Lipinski definition) is 2. The van der Waals surface area contributed by atoms with E-state index < -0.39 is 0 Å². The molecule has 0 unspecified atom stereocenters. The van der Waals surface area contributed by atoms with E-state index >= 15 is 0 Å². The van der Waals surface area contributed by atoms with Gasteiger partial charge in [0.2, 0.25) is 0 Å². The van der Waals surface area contributed by atoms with E-state index in [1.54, 1.807) is 0 Å². The highest BCUT2D eigenvalue weighted by molar-refractivity contribution is 14.1. The van der Waals surface area contributed by atoms with Gasteiger partial charge < -0.3 is 5.73 Å². The van der Waals surface area contributed by atoms with Gasteiger partial charge in [0.25, 0.3) is 0 Å². The summed E-state index contributed by atoms with van der Waals surface area (Å²) in [7, 11) is 0. The second-order valence-electron chi connectivity index (χ2n) is 4.68. The van der Waals surface area contributed by atoms with Crippen LogP contribution in [0, 0.1) is 14.4 Å². The Morgan fingerprint density at radius 1 is 1.56 bits per heavy atom. The molecule has 0 spiro atoms. The summed E-state index contributed by atoms with van der Waals surface area (Å²) in [6, 6.07) is 0. The van der Waals surface area contributed by atoms with E-state index in [-0.39, 0.29) is 11.3 Å². The summed E-state index contributed by atoms with van der Waals surface area (Å²) in [6.07, 6.45) is 7.01. The van der Waals surface area contributed by atoms with Gasteiger partial charge in [0.15, 0.2) is 0 Å². The van der Waals surface area contributed by atoms with Crippen molar-refractivity contribution in [2.45, 2.75) is 39.7 Å². The zero-order chi connectivity index (χ0) is 12.2. The van der Waals surface area contributed by atoms with Gasteiger partial charge >= 0.3 is 0 Å². The Labute approximate surface area is 110 Å². The third-order valence-corrected chi connectivity index (χ3v) is 3.33. The smallest absolute Gasteiger partial charge is 0.0963 e. The number of nitrogens with zero attached hydrogens (tertiary/aromatic N) is 2. The van der Waals surface area contributed by atoms with Crippen molar-refractivity contribution >= 4 is 28.4 Å². The van der Waals surface area contributed by atoms with Gasteiger partial charge in [0.1, 0.15) is 0 Å². The van der Waals surface area contributed by atoms with Crippen LogP contribution >= 0.6 is 22.6 Å². The van der Waals surface area contributed by atoms with Crippen LogP contribution in [0.15, 0.2) is 12.4 Å². The molecule has 0 aromatic carbocycles. The molecule has 0 saturated heterocycles. The van der Waals surface area contributed by atoms with Crippen molar-refractivity contribution in [3.05, 3.63) is 16.0 Å². The van der Waals surface area contributed by atoms with Gasteiger partial charge in [0, 0.05) is 18.2 Å². The number of halogens is 1. The number of nitrogens with one attached hydrogen (secondary N) is 1. The summed E-state index contributed by atoms with van der Waals surface area (Å²) in [4.78, 5) is 0. The Hall–Kier alpha value is -0.590. The number of aryl methyl sites for hydroxylation is 1. The van der Waals surface area contributed by atoms with Crippen LogP contribution in [0.2, 0.25) is 0 Å². The maximum atomic E-state index is 7.46. The van der Waals surface area contributed by atoms with Gasteiger partial charge in [-0.1, -0.05) is 20.3 Å². The molecule has 0 bridgehead atoms. The van der Waals surface area contributed by atoms with E-state index in [4.69, 9.17) is 11.1 Å². The van der Waals surface area contributed by atoms with Crippen molar-refractivity contribution in [2.24, 2.45) is 11.1 Å². The Bertz CT molecular complexity index is 357. The normalized spacial score (nSPS) is 11.7. The number of amidine groups is 1. The quantitative estimate of drug-likeness (QED) is 0.363. The van der Waals surface area contributed by atoms with Gasteiger partial charge in [0.05, 0.1) is 15.6 Å². The van der Waals surface area contributed by atoms with Crippen LogP contribution in [0.4, 0.5) is 0 Å². The zero-order valence-electron chi connectivity index (χ0n) is 9.83. The van der Waals surface area contributed by atoms with Crippen molar-refractivity contribution < 1.29 is 0 Å². The SMILES string of the molecule is CC(C)(CCCCn1cc(I)cn1)C(=N)N. The molecular weight excluding hydrogens is 315 g/mol. The van der Waals surface area contributed by atoms with E-state index in [9.17, 15) is 0 Å². The summed E-state index contributed by atoms with van der Waals surface area (Å²) in [5.41, 5.74) is 5.36. The first-order valence-electron chi connectivity index (χ1n) is 5.44. The van der Waals surface area contributed by atoms with Gasteiger partial charge in [-0.3, -0.25) is 10.1 Å². The van der Waals surface area contributed by atoms with Crippen LogP contribution < -0.4 is 5.73 Å². The van der Waals surface area contributed by atoms with Gasteiger partial charge in [-0.05, 0) is 35.4 Å². The van der Waals surface area contributed by atoms with Gasteiger partial charge in [-0.2, -0.15) is 5.10 Å². The minimum absolute atomic E-state index is 0.168. The molecule has 0 radical (unpaired) electrons. The van der Waals surface area contributed by atoms with Crippen LogP contribution in [0.1, 0.15) is 33.1 Å². The van der Waals surface area contributed by atoms with Crippen molar-refractivity contribution in [1.29, 1.82) is 5.41 Å². The molecule has 0 fully saturated rings. The van der Waals surface area contributed by atoms with Gasteiger partial charge in [-0.25, -0.2) is 0 Å². The third-order valence-electron chi connectivity index (χ3n) is 2.77. The number of aromatic nitrogens is 2. The van der Waals surface area contributed by atoms with Crippen LogP contribution in [-0.4, -0.2) is 15.6 Å². The number of unbranched alkanes of at least 4 members (excludes halogenated alkanes) is 1. The van der Waals surface area contributed by atoms with Crippen molar-refractivity contribution in [2.75, 3.05) is 0 Å². The molecule has 1 heterocycles. The molecule has 1 aromatic rings. The number of rotatable bonds is 6. The monoisotopic (exact) mass is 334 g/mol. The average molecular weight is 334 g/mol. The minimum atomic E-state index is -0.168. The van der Waals surface area contributed by atoms with E-state index in [0.717, 1.165) is 25.8 Å². The van der Waals surface area contributed by atoms with Crippen molar-refractivity contribution in [3.63, 3.8) is 0 Å². The maximum absolute atomic E-state index is 7.46. The predicted octanol–water partition coefficient (Wildman–Crippen LogP) is 2.62. The van der Waals surface area contributed by atoms with E-state index in [1.165, 1.54) is 3.57 Å². The number of hydrogen-bond acceptors (Lipinski definition) is 2. The van der Waals surface area contributed by atoms with E-state index in [2.05, 4.69) is 27.7 Å². The molecular formula is C11H19IN4. The van der Waals surface area contributed by atoms with E-state index in [1.807, 2.05) is 30.9 Å². The highest BCUT2D eigenvalue weighted by Crippen LogP contribution is 2.22. The van der Waals surface area contributed by atoms with Gasteiger partial charge in [-0.15, -0.1) is 0 Å². The summed E-state index contributed by atoms with van der Waals surface area (Å²) >= 11 is 2.26.